The minimum atomic E-state index is 0.266. The van der Waals surface area contributed by atoms with E-state index in [2.05, 4.69) is 10.3 Å². The van der Waals surface area contributed by atoms with Crippen LogP contribution in [-0.2, 0) is 4.74 Å². The maximum Gasteiger partial charge on any atom is 0.188 e. The highest BCUT2D eigenvalue weighted by molar-refractivity contribution is 5.78. The number of nitrogens with one attached hydrogen (secondary N) is 1. The van der Waals surface area contributed by atoms with Gasteiger partial charge in [-0.1, -0.05) is 19.3 Å². The van der Waals surface area contributed by atoms with Crippen LogP contribution in [0.4, 0.5) is 0 Å². The van der Waals surface area contributed by atoms with Gasteiger partial charge < -0.3 is 15.8 Å². The van der Waals surface area contributed by atoms with Gasteiger partial charge in [0.05, 0.1) is 19.3 Å². The predicted octanol–water partition coefficient (Wildman–Crippen LogP) is 1.65. The molecule has 4 nitrogen and oxygen atoms in total. The number of hydrogen-bond acceptors (Lipinski definition) is 2. The molecular weight excluding hydrogens is 202 g/mol. The molecule has 1 fully saturated rings. The zero-order chi connectivity index (χ0) is 11.8. The lowest BCUT2D eigenvalue weighted by atomic mass is 9.96. The fourth-order valence-corrected chi connectivity index (χ4v) is 1.96. The number of aliphatic imine (C=N–C) groups is 1. The van der Waals surface area contributed by atoms with Gasteiger partial charge in [-0.05, 0) is 26.7 Å². The van der Waals surface area contributed by atoms with Crippen molar-refractivity contribution in [3.05, 3.63) is 0 Å². The first kappa shape index (κ1) is 13.3. The van der Waals surface area contributed by atoms with Crippen LogP contribution in [0.3, 0.4) is 0 Å². The lowest BCUT2D eigenvalue weighted by Crippen LogP contribution is -2.41. The second-order valence-electron chi connectivity index (χ2n) is 4.67. The molecular formula is C12H25N3O. The Morgan fingerprint density at radius 3 is 2.69 bits per heavy atom. The molecule has 1 aliphatic rings. The monoisotopic (exact) mass is 227 g/mol. The molecule has 0 unspecified atom stereocenters. The van der Waals surface area contributed by atoms with Crippen molar-refractivity contribution in [1.29, 1.82) is 0 Å². The summed E-state index contributed by atoms with van der Waals surface area (Å²) < 4.78 is 5.39. The Balaban J connectivity index is 2.12. The fraction of sp³-hybridized carbons (Fsp3) is 0.917. The van der Waals surface area contributed by atoms with Crippen molar-refractivity contribution in [1.82, 2.24) is 5.32 Å². The smallest absolute Gasteiger partial charge is 0.188 e. The van der Waals surface area contributed by atoms with Crippen molar-refractivity contribution in [3.8, 4) is 0 Å². The second-order valence-corrected chi connectivity index (χ2v) is 4.67. The summed E-state index contributed by atoms with van der Waals surface area (Å²) in [6, 6.07) is 0.531. The highest BCUT2D eigenvalue weighted by Gasteiger charge is 2.12. The molecule has 1 rings (SSSR count). The first-order valence-corrected chi connectivity index (χ1v) is 6.36. The van der Waals surface area contributed by atoms with E-state index in [0.29, 0.717) is 25.2 Å². The average Bonchev–Trinajstić information content (AvgIpc) is 2.25. The number of nitrogens with two attached hydrogens (primary N) is 1. The van der Waals surface area contributed by atoms with Crippen LogP contribution in [0.1, 0.15) is 46.0 Å². The molecule has 0 atom stereocenters. The number of hydrogen-bond donors (Lipinski definition) is 2. The summed E-state index contributed by atoms with van der Waals surface area (Å²) in [5.74, 6) is 0.569. The highest BCUT2D eigenvalue weighted by Crippen LogP contribution is 2.16. The van der Waals surface area contributed by atoms with Crippen LogP contribution in [0.25, 0.3) is 0 Å². The molecule has 0 bridgehead atoms. The highest BCUT2D eigenvalue weighted by atomic mass is 16.5. The lowest BCUT2D eigenvalue weighted by Gasteiger charge is -2.23. The third-order valence-corrected chi connectivity index (χ3v) is 2.78. The van der Waals surface area contributed by atoms with Crippen molar-refractivity contribution in [2.45, 2.75) is 58.1 Å². The standard InChI is InChI=1S/C12H25N3O/c1-10(2)16-9-8-14-12(13)15-11-6-4-3-5-7-11/h10-11H,3-9H2,1-2H3,(H3,13,14,15). The normalized spacial score (nSPS) is 19.1. The molecule has 0 aromatic heterocycles. The molecule has 0 aromatic carbocycles. The summed E-state index contributed by atoms with van der Waals surface area (Å²) in [6.45, 7) is 5.33. The van der Waals surface area contributed by atoms with Crippen LogP contribution in [0.5, 0.6) is 0 Å². The molecule has 0 aromatic rings. The minimum absolute atomic E-state index is 0.266. The molecule has 0 amide bonds. The molecule has 0 saturated heterocycles. The molecule has 1 saturated carbocycles. The van der Waals surface area contributed by atoms with Crippen LogP contribution in [0.2, 0.25) is 0 Å². The van der Waals surface area contributed by atoms with Crippen LogP contribution < -0.4 is 11.1 Å². The first-order chi connectivity index (χ1) is 7.68. The Kier molecular flexibility index (Phi) is 6.23. The SMILES string of the molecule is CC(C)OCCN=C(N)NC1CCCCC1. The van der Waals surface area contributed by atoms with E-state index in [-0.39, 0.29) is 6.10 Å². The maximum absolute atomic E-state index is 5.80. The van der Waals surface area contributed by atoms with Crippen molar-refractivity contribution < 1.29 is 4.74 Å². The Labute approximate surface area is 98.6 Å². The molecule has 94 valence electrons. The fourth-order valence-electron chi connectivity index (χ4n) is 1.96. The molecule has 1 aliphatic carbocycles. The van der Waals surface area contributed by atoms with Crippen LogP contribution in [-0.4, -0.2) is 31.3 Å². The number of nitrogens with zero attached hydrogens (tertiary/aromatic N) is 1. The van der Waals surface area contributed by atoms with E-state index in [4.69, 9.17) is 10.5 Å². The molecule has 16 heavy (non-hydrogen) atoms. The van der Waals surface area contributed by atoms with Crippen molar-refractivity contribution in [2.24, 2.45) is 10.7 Å². The van der Waals surface area contributed by atoms with E-state index < -0.39 is 0 Å². The van der Waals surface area contributed by atoms with Crippen molar-refractivity contribution >= 4 is 5.96 Å². The zero-order valence-electron chi connectivity index (χ0n) is 10.5. The van der Waals surface area contributed by atoms with Gasteiger partial charge in [0, 0.05) is 6.04 Å². The Hall–Kier alpha value is -0.770. The van der Waals surface area contributed by atoms with E-state index in [1.165, 1.54) is 32.1 Å². The van der Waals surface area contributed by atoms with E-state index in [1.807, 2.05) is 13.8 Å². The van der Waals surface area contributed by atoms with Gasteiger partial charge in [0.2, 0.25) is 0 Å². The van der Waals surface area contributed by atoms with Crippen molar-refractivity contribution in [3.63, 3.8) is 0 Å². The Bertz CT molecular complexity index is 210. The third-order valence-electron chi connectivity index (χ3n) is 2.78. The van der Waals surface area contributed by atoms with Gasteiger partial charge in [-0.25, -0.2) is 0 Å². The first-order valence-electron chi connectivity index (χ1n) is 6.36. The van der Waals surface area contributed by atoms with Gasteiger partial charge in [0.25, 0.3) is 0 Å². The van der Waals surface area contributed by atoms with E-state index in [1.54, 1.807) is 0 Å². The Morgan fingerprint density at radius 1 is 1.38 bits per heavy atom. The summed E-state index contributed by atoms with van der Waals surface area (Å²) in [7, 11) is 0. The number of ether oxygens (including phenoxy) is 1. The predicted molar refractivity (Wildman–Crippen MR) is 67.6 cm³/mol. The Morgan fingerprint density at radius 2 is 2.06 bits per heavy atom. The number of guanidine groups is 1. The van der Waals surface area contributed by atoms with Crippen molar-refractivity contribution in [2.75, 3.05) is 13.2 Å². The summed E-state index contributed by atoms with van der Waals surface area (Å²) in [5, 5.41) is 3.28. The lowest BCUT2D eigenvalue weighted by molar-refractivity contribution is 0.0853. The largest absolute Gasteiger partial charge is 0.377 e. The summed E-state index contributed by atoms with van der Waals surface area (Å²) >= 11 is 0. The summed E-state index contributed by atoms with van der Waals surface area (Å²) in [5.41, 5.74) is 5.80. The quantitative estimate of drug-likeness (QED) is 0.426. The van der Waals surface area contributed by atoms with Gasteiger partial charge in [0.15, 0.2) is 5.96 Å². The topological polar surface area (TPSA) is 59.6 Å². The third kappa shape index (κ3) is 5.95. The zero-order valence-corrected chi connectivity index (χ0v) is 10.5. The molecule has 0 heterocycles. The van der Waals surface area contributed by atoms with Gasteiger partial charge in [0.1, 0.15) is 0 Å². The van der Waals surface area contributed by atoms with Gasteiger partial charge in [-0.3, -0.25) is 4.99 Å². The van der Waals surface area contributed by atoms with Crippen LogP contribution in [0.15, 0.2) is 4.99 Å². The van der Waals surface area contributed by atoms with Gasteiger partial charge >= 0.3 is 0 Å². The van der Waals surface area contributed by atoms with Gasteiger partial charge in [-0.2, -0.15) is 0 Å². The van der Waals surface area contributed by atoms with Crippen LogP contribution >= 0.6 is 0 Å². The number of rotatable bonds is 5. The van der Waals surface area contributed by atoms with E-state index in [9.17, 15) is 0 Å². The van der Waals surface area contributed by atoms with E-state index >= 15 is 0 Å². The summed E-state index contributed by atoms with van der Waals surface area (Å²) in [4.78, 5) is 4.25. The molecule has 3 N–H and O–H groups in total. The molecule has 0 spiro atoms. The molecule has 4 heteroatoms. The maximum atomic E-state index is 5.80. The molecule has 0 radical (unpaired) electrons. The average molecular weight is 227 g/mol. The molecule has 0 aliphatic heterocycles. The van der Waals surface area contributed by atoms with Crippen LogP contribution in [0, 0.1) is 0 Å². The second kappa shape index (κ2) is 7.49. The van der Waals surface area contributed by atoms with Gasteiger partial charge in [-0.15, -0.1) is 0 Å². The summed E-state index contributed by atoms with van der Waals surface area (Å²) in [6.07, 6.45) is 6.68. The minimum Gasteiger partial charge on any atom is -0.377 e. The van der Waals surface area contributed by atoms with E-state index in [0.717, 1.165) is 0 Å².